The van der Waals surface area contributed by atoms with Crippen molar-refractivity contribution in [1.29, 1.82) is 0 Å². The lowest BCUT2D eigenvalue weighted by Crippen LogP contribution is -2.17. The maximum Gasteiger partial charge on any atom is 0.0562 e. The molecule has 0 saturated carbocycles. The predicted molar refractivity (Wildman–Crippen MR) is 80.7 cm³/mol. The molecule has 2 rings (SSSR count). The maximum atomic E-state index is 4.40. The number of rotatable bonds is 6. The zero-order valence-corrected chi connectivity index (χ0v) is 11.6. The van der Waals surface area contributed by atoms with E-state index < -0.39 is 0 Å². The Hall–Kier alpha value is -1.87. The van der Waals surface area contributed by atoms with Crippen LogP contribution in [0.3, 0.4) is 0 Å². The summed E-state index contributed by atoms with van der Waals surface area (Å²) in [7, 11) is 0. The summed E-state index contributed by atoms with van der Waals surface area (Å²) < 4.78 is 0. The average Bonchev–Trinajstić information content (AvgIpc) is 2.47. The molecule has 1 N–H and O–H groups in total. The molecule has 0 fully saturated rings. The molecule has 0 atom stereocenters. The van der Waals surface area contributed by atoms with Crippen LogP contribution in [0.5, 0.6) is 0 Å². The first-order valence-electron chi connectivity index (χ1n) is 6.83. The van der Waals surface area contributed by atoms with Gasteiger partial charge in [-0.2, -0.15) is 0 Å². The Morgan fingerprint density at radius 2 is 1.84 bits per heavy atom. The molecule has 0 aliphatic heterocycles. The van der Waals surface area contributed by atoms with E-state index in [0.717, 1.165) is 25.3 Å². The second-order valence-corrected chi connectivity index (χ2v) is 4.37. The Kier molecular flexibility index (Phi) is 4.93. The fraction of sp³-hybridized carbons (Fsp3) is 0.312. The monoisotopic (exact) mass is 255 g/mol. The third kappa shape index (κ3) is 3.55. The van der Waals surface area contributed by atoms with Crippen molar-refractivity contribution in [2.24, 2.45) is 0 Å². The Balaban J connectivity index is 2.23. The number of hydrogen-bond acceptors (Lipinski definition) is 3. The maximum absolute atomic E-state index is 4.40. The first-order chi connectivity index (χ1) is 9.35. The highest BCUT2D eigenvalue weighted by atomic mass is 15.1. The topological polar surface area (TPSA) is 28.2 Å². The molecule has 0 aliphatic rings. The van der Waals surface area contributed by atoms with Crippen LogP contribution in [0.15, 0.2) is 48.7 Å². The average molecular weight is 255 g/mol. The quantitative estimate of drug-likeness (QED) is 0.858. The molecule has 1 aromatic carbocycles. The van der Waals surface area contributed by atoms with Gasteiger partial charge in [0.1, 0.15) is 0 Å². The van der Waals surface area contributed by atoms with Gasteiger partial charge in [-0.05, 0) is 37.7 Å². The number of hydrogen-bond donors (Lipinski definition) is 1. The number of benzene rings is 1. The molecule has 0 radical (unpaired) electrons. The number of para-hydroxylation sites is 1. The number of pyridine rings is 1. The lowest BCUT2D eigenvalue weighted by molar-refractivity contribution is 0.710. The van der Waals surface area contributed by atoms with E-state index in [1.165, 1.54) is 11.4 Å². The lowest BCUT2D eigenvalue weighted by Gasteiger charge is -2.23. The summed E-state index contributed by atoms with van der Waals surface area (Å²) in [6, 6.07) is 14.7. The van der Waals surface area contributed by atoms with Crippen LogP contribution in [0.25, 0.3) is 0 Å². The van der Waals surface area contributed by atoms with Gasteiger partial charge in [0.2, 0.25) is 0 Å². The van der Waals surface area contributed by atoms with Crippen molar-refractivity contribution in [1.82, 2.24) is 10.3 Å². The minimum absolute atomic E-state index is 0.816. The normalized spacial score (nSPS) is 10.4. The Morgan fingerprint density at radius 3 is 2.53 bits per heavy atom. The highest BCUT2D eigenvalue weighted by molar-refractivity contribution is 5.62. The summed E-state index contributed by atoms with van der Waals surface area (Å²) in [5, 5.41) is 3.31. The van der Waals surface area contributed by atoms with Crippen LogP contribution in [-0.2, 0) is 6.54 Å². The van der Waals surface area contributed by atoms with Gasteiger partial charge in [0.25, 0.3) is 0 Å². The largest absolute Gasteiger partial charge is 0.342 e. The van der Waals surface area contributed by atoms with Crippen LogP contribution < -0.4 is 10.2 Å². The third-order valence-corrected chi connectivity index (χ3v) is 3.05. The molecule has 0 unspecified atom stereocenters. The highest BCUT2D eigenvalue weighted by Gasteiger charge is 2.07. The van der Waals surface area contributed by atoms with Crippen LogP contribution in [-0.4, -0.2) is 18.1 Å². The smallest absolute Gasteiger partial charge is 0.0562 e. The molecule has 2 aromatic rings. The number of nitrogens with zero attached hydrogens (tertiary/aromatic N) is 2. The minimum atomic E-state index is 0.816. The highest BCUT2D eigenvalue weighted by Crippen LogP contribution is 2.24. The summed E-state index contributed by atoms with van der Waals surface area (Å²) in [6.45, 7) is 6.98. The van der Waals surface area contributed by atoms with Crippen molar-refractivity contribution < 1.29 is 0 Å². The number of nitrogens with one attached hydrogen (secondary N) is 1. The second kappa shape index (κ2) is 6.90. The molecule has 0 bridgehead atoms. The standard InChI is InChI=1S/C16H21N3/c1-3-17-13-14-12-16(10-11-18-14)19(4-2)15-8-6-5-7-9-15/h5-12,17H,3-4,13H2,1-2H3. The van der Waals surface area contributed by atoms with Crippen molar-refractivity contribution in [3.05, 3.63) is 54.4 Å². The Bertz CT molecular complexity index is 496. The van der Waals surface area contributed by atoms with Gasteiger partial charge in [0.15, 0.2) is 0 Å². The minimum Gasteiger partial charge on any atom is -0.342 e. The Morgan fingerprint density at radius 1 is 1.05 bits per heavy atom. The fourth-order valence-corrected chi connectivity index (χ4v) is 2.11. The van der Waals surface area contributed by atoms with Crippen LogP contribution >= 0.6 is 0 Å². The van der Waals surface area contributed by atoms with E-state index >= 15 is 0 Å². The third-order valence-electron chi connectivity index (χ3n) is 3.05. The van der Waals surface area contributed by atoms with Gasteiger partial charge >= 0.3 is 0 Å². The molecular weight excluding hydrogens is 234 g/mol. The number of anilines is 2. The second-order valence-electron chi connectivity index (χ2n) is 4.37. The molecule has 3 nitrogen and oxygen atoms in total. The van der Waals surface area contributed by atoms with Crippen molar-refractivity contribution in [3.8, 4) is 0 Å². The molecule has 0 amide bonds. The van der Waals surface area contributed by atoms with Gasteiger partial charge in [-0.15, -0.1) is 0 Å². The first kappa shape index (κ1) is 13.6. The summed E-state index contributed by atoms with van der Waals surface area (Å²) >= 11 is 0. The van der Waals surface area contributed by atoms with Gasteiger partial charge in [0.05, 0.1) is 5.69 Å². The molecule has 19 heavy (non-hydrogen) atoms. The molecule has 0 saturated heterocycles. The van der Waals surface area contributed by atoms with Crippen molar-refractivity contribution in [2.75, 3.05) is 18.0 Å². The Labute approximate surface area is 115 Å². The van der Waals surface area contributed by atoms with Crippen LogP contribution in [0.4, 0.5) is 11.4 Å². The van der Waals surface area contributed by atoms with E-state index in [-0.39, 0.29) is 0 Å². The van der Waals surface area contributed by atoms with Crippen molar-refractivity contribution in [2.45, 2.75) is 20.4 Å². The van der Waals surface area contributed by atoms with Crippen LogP contribution in [0.1, 0.15) is 19.5 Å². The van der Waals surface area contributed by atoms with E-state index in [0.29, 0.717) is 0 Å². The van der Waals surface area contributed by atoms with E-state index in [2.05, 4.69) is 65.4 Å². The van der Waals surface area contributed by atoms with Crippen molar-refractivity contribution in [3.63, 3.8) is 0 Å². The van der Waals surface area contributed by atoms with Gasteiger partial charge < -0.3 is 10.2 Å². The zero-order valence-electron chi connectivity index (χ0n) is 11.6. The van der Waals surface area contributed by atoms with Gasteiger partial charge in [-0.1, -0.05) is 25.1 Å². The zero-order chi connectivity index (χ0) is 13.5. The van der Waals surface area contributed by atoms with Gasteiger partial charge in [-0.25, -0.2) is 0 Å². The predicted octanol–water partition coefficient (Wildman–Crippen LogP) is 3.35. The van der Waals surface area contributed by atoms with Gasteiger partial charge in [0, 0.05) is 30.7 Å². The SMILES string of the molecule is CCNCc1cc(N(CC)c2ccccc2)ccn1. The van der Waals surface area contributed by atoms with E-state index in [9.17, 15) is 0 Å². The molecule has 1 aromatic heterocycles. The summed E-state index contributed by atoms with van der Waals surface area (Å²) in [5.41, 5.74) is 3.48. The fourth-order valence-electron chi connectivity index (χ4n) is 2.11. The van der Waals surface area contributed by atoms with Crippen LogP contribution in [0.2, 0.25) is 0 Å². The van der Waals surface area contributed by atoms with Gasteiger partial charge in [-0.3, -0.25) is 4.98 Å². The molecule has 3 heteroatoms. The molecule has 0 spiro atoms. The van der Waals surface area contributed by atoms with Crippen molar-refractivity contribution >= 4 is 11.4 Å². The summed E-state index contributed by atoms with van der Waals surface area (Å²) in [4.78, 5) is 6.69. The molecule has 100 valence electrons. The van der Waals surface area contributed by atoms with E-state index in [4.69, 9.17) is 0 Å². The van der Waals surface area contributed by atoms with E-state index in [1.54, 1.807) is 0 Å². The van der Waals surface area contributed by atoms with E-state index in [1.807, 2.05) is 12.3 Å². The molecular formula is C16H21N3. The lowest BCUT2D eigenvalue weighted by atomic mass is 10.2. The summed E-state index contributed by atoms with van der Waals surface area (Å²) in [5.74, 6) is 0. The molecule has 1 heterocycles. The summed E-state index contributed by atoms with van der Waals surface area (Å²) in [6.07, 6.45) is 1.88. The molecule has 0 aliphatic carbocycles. The number of aromatic nitrogens is 1. The first-order valence-corrected chi connectivity index (χ1v) is 6.83. The van der Waals surface area contributed by atoms with Crippen LogP contribution in [0, 0.1) is 0 Å².